The first kappa shape index (κ1) is 22.4. The molecule has 0 atom stereocenters. The van der Waals surface area contributed by atoms with E-state index in [1.807, 2.05) is 0 Å². The molecule has 2 aromatic rings. The second-order valence-electron chi connectivity index (χ2n) is 5.84. The van der Waals surface area contributed by atoms with Gasteiger partial charge in [0.1, 0.15) is 17.2 Å². The lowest BCUT2D eigenvalue weighted by Gasteiger charge is -2.14. The first-order valence-corrected chi connectivity index (χ1v) is 8.66. The third-order valence-corrected chi connectivity index (χ3v) is 4.15. The lowest BCUT2D eigenvalue weighted by Crippen LogP contribution is -2.27. The molecule has 1 amide bonds. The molecule has 0 saturated carbocycles. The highest BCUT2D eigenvalue weighted by Gasteiger charge is 2.20. The lowest BCUT2D eigenvalue weighted by molar-refractivity contribution is -0.132. The van der Waals surface area contributed by atoms with Gasteiger partial charge in [-0.05, 0) is 30.3 Å². The summed E-state index contributed by atoms with van der Waals surface area (Å²) in [5, 5.41) is 11.9. The quantitative estimate of drug-likeness (QED) is 0.599. The van der Waals surface area contributed by atoms with Crippen molar-refractivity contribution in [3.8, 4) is 28.7 Å². The molecule has 0 bridgehead atoms. The van der Waals surface area contributed by atoms with Crippen LogP contribution in [0.3, 0.4) is 0 Å². The summed E-state index contributed by atoms with van der Waals surface area (Å²) in [5.41, 5.74) is 0.219. The Morgan fingerprint density at radius 2 is 1.43 bits per heavy atom. The molecule has 0 radical (unpaired) electrons. The maximum atomic E-state index is 12.7. The van der Waals surface area contributed by atoms with E-state index in [9.17, 15) is 14.7 Å². The number of benzene rings is 2. The maximum absolute atomic E-state index is 12.7. The maximum Gasteiger partial charge on any atom is 0.352 e. The van der Waals surface area contributed by atoms with E-state index in [1.165, 1.54) is 53.8 Å². The number of amides is 1. The van der Waals surface area contributed by atoms with Crippen LogP contribution in [0.5, 0.6) is 28.7 Å². The molecule has 2 aromatic carbocycles. The number of carbonyl (C=O) groups excluding carboxylic acids is 1. The first-order chi connectivity index (χ1) is 14.4. The van der Waals surface area contributed by atoms with Crippen LogP contribution in [-0.2, 0) is 4.79 Å². The Labute approximate surface area is 173 Å². The Balaban J connectivity index is 2.42. The second-order valence-corrected chi connectivity index (χ2v) is 5.84. The highest BCUT2D eigenvalue weighted by Crippen LogP contribution is 2.38. The van der Waals surface area contributed by atoms with Crippen LogP contribution < -0.4 is 29.0 Å². The second kappa shape index (κ2) is 10.1. The van der Waals surface area contributed by atoms with E-state index in [4.69, 9.17) is 23.7 Å². The molecule has 2 N–H and O–H groups in total. The van der Waals surface area contributed by atoms with Crippen LogP contribution >= 0.6 is 0 Å². The molecule has 9 heteroatoms. The van der Waals surface area contributed by atoms with Crippen LogP contribution in [0.1, 0.15) is 15.9 Å². The summed E-state index contributed by atoms with van der Waals surface area (Å²) >= 11 is 0. The van der Waals surface area contributed by atoms with Crippen LogP contribution in [-0.4, -0.2) is 52.5 Å². The van der Waals surface area contributed by atoms with E-state index in [2.05, 4.69) is 5.32 Å². The highest BCUT2D eigenvalue weighted by atomic mass is 16.5. The van der Waals surface area contributed by atoms with Crippen molar-refractivity contribution in [2.24, 2.45) is 0 Å². The van der Waals surface area contributed by atoms with E-state index in [0.29, 0.717) is 22.8 Å². The van der Waals surface area contributed by atoms with E-state index >= 15 is 0 Å². The van der Waals surface area contributed by atoms with Gasteiger partial charge in [-0.25, -0.2) is 4.79 Å². The zero-order valence-electron chi connectivity index (χ0n) is 17.3. The number of carboxylic acids is 1. The zero-order valence-corrected chi connectivity index (χ0v) is 17.3. The van der Waals surface area contributed by atoms with Gasteiger partial charge in [0.15, 0.2) is 11.5 Å². The monoisotopic (exact) mass is 417 g/mol. The van der Waals surface area contributed by atoms with E-state index < -0.39 is 11.9 Å². The number of carbonyl (C=O) groups is 2. The molecule has 0 aliphatic rings. The summed E-state index contributed by atoms with van der Waals surface area (Å²) < 4.78 is 26.1. The molecule has 0 fully saturated rings. The Kier molecular flexibility index (Phi) is 7.51. The number of carboxylic acid groups (broad SMARTS) is 1. The molecule has 0 aliphatic heterocycles. The van der Waals surface area contributed by atoms with Gasteiger partial charge in [0.05, 0.1) is 35.5 Å². The van der Waals surface area contributed by atoms with Crippen molar-refractivity contribution in [1.29, 1.82) is 0 Å². The Morgan fingerprint density at radius 3 is 1.90 bits per heavy atom. The van der Waals surface area contributed by atoms with E-state index in [-0.39, 0.29) is 22.8 Å². The number of rotatable bonds is 9. The van der Waals surface area contributed by atoms with Gasteiger partial charge in [0.2, 0.25) is 5.75 Å². The van der Waals surface area contributed by atoms with Gasteiger partial charge in [0.25, 0.3) is 5.91 Å². The van der Waals surface area contributed by atoms with Gasteiger partial charge in [0, 0.05) is 17.2 Å². The summed E-state index contributed by atoms with van der Waals surface area (Å²) in [6, 6.07) is 7.71. The molecule has 2 rings (SSSR count). The van der Waals surface area contributed by atoms with Crippen molar-refractivity contribution < 1.29 is 38.4 Å². The Bertz CT molecular complexity index is 942. The fourth-order valence-electron chi connectivity index (χ4n) is 2.65. The molecule has 9 nitrogen and oxygen atoms in total. The minimum Gasteiger partial charge on any atom is -0.497 e. The summed E-state index contributed by atoms with van der Waals surface area (Å²) in [6.45, 7) is 0. The van der Waals surface area contributed by atoms with Crippen molar-refractivity contribution in [2.45, 2.75) is 0 Å². The Hall–Kier alpha value is -3.88. The zero-order chi connectivity index (χ0) is 22.3. The molecule has 0 aliphatic carbocycles. The smallest absolute Gasteiger partial charge is 0.352 e. The summed E-state index contributed by atoms with van der Waals surface area (Å²) in [7, 11) is 7.22. The van der Waals surface area contributed by atoms with Gasteiger partial charge in [-0.3, -0.25) is 4.79 Å². The van der Waals surface area contributed by atoms with Gasteiger partial charge >= 0.3 is 5.97 Å². The average molecular weight is 417 g/mol. The molecule has 0 saturated heterocycles. The highest BCUT2D eigenvalue weighted by molar-refractivity contribution is 6.03. The van der Waals surface area contributed by atoms with E-state index in [0.717, 1.165) is 0 Å². The van der Waals surface area contributed by atoms with Crippen LogP contribution in [0.4, 0.5) is 0 Å². The molecule has 0 unspecified atom stereocenters. The Morgan fingerprint density at radius 1 is 0.833 bits per heavy atom. The summed E-state index contributed by atoms with van der Waals surface area (Å²) in [5.74, 6) is -0.227. The molecular weight excluding hydrogens is 394 g/mol. The van der Waals surface area contributed by atoms with E-state index in [1.54, 1.807) is 18.2 Å². The molecule has 0 aromatic heterocycles. The van der Waals surface area contributed by atoms with Crippen molar-refractivity contribution >= 4 is 18.0 Å². The normalized spacial score (nSPS) is 10.8. The standard InChI is InChI=1S/C21H23NO8/c1-26-14-7-6-12(16(11-14)27-2)8-15(21(24)25)22-20(23)13-9-17(28-3)19(30-5)18(10-13)29-4/h6-11H,1-5H3,(H,22,23)(H,24,25)/b15-8+. The molecule has 160 valence electrons. The van der Waals surface area contributed by atoms with Crippen LogP contribution in [0, 0.1) is 0 Å². The topological polar surface area (TPSA) is 113 Å². The third-order valence-electron chi connectivity index (χ3n) is 4.15. The molecular formula is C21H23NO8. The fourth-order valence-corrected chi connectivity index (χ4v) is 2.65. The largest absolute Gasteiger partial charge is 0.497 e. The average Bonchev–Trinajstić information content (AvgIpc) is 2.77. The first-order valence-electron chi connectivity index (χ1n) is 8.66. The van der Waals surface area contributed by atoms with Gasteiger partial charge in [-0.1, -0.05) is 0 Å². The molecule has 0 spiro atoms. The van der Waals surface area contributed by atoms with Crippen molar-refractivity contribution in [3.05, 3.63) is 47.2 Å². The van der Waals surface area contributed by atoms with Gasteiger partial charge in [-0.2, -0.15) is 0 Å². The predicted molar refractivity (Wildman–Crippen MR) is 109 cm³/mol. The number of hydrogen-bond acceptors (Lipinski definition) is 7. The minimum atomic E-state index is -1.33. The molecule has 30 heavy (non-hydrogen) atoms. The SMILES string of the molecule is COc1ccc(/C=C(/NC(=O)c2cc(OC)c(OC)c(OC)c2)C(=O)O)c(OC)c1. The lowest BCUT2D eigenvalue weighted by atomic mass is 10.1. The summed E-state index contributed by atoms with van der Waals surface area (Å²) in [4.78, 5) is 24.4. The fraction of sp³-hybridized carbons (Fsp3) is 0.238. The predicted octanol–water partition coefficient (Wildman–Crippen LogP) is 2.59. The van der Waals surface area contributed by atoms with Crippen LogP contribution in [0.2, 0.25) is 0 Å². The number of methoxy groups -OCH3 is 5. The van der Waals surface area contributed by atoms with Crippen molar-refractivity contribution in [2.75, 3.05) is 35.5 Å². The van der Waals surface area contributed by atoms with Gasteiger partial charge < -0.3 is 34.1 Å². The third kappa shape index (κ3) is 4.93. The number of hydrogen-bond donors (Lipinski definition) is 2. The number of aliphatic carboxylic acids is 1. The van der Waals surface area contributed by atoms with Gasteiger partial charge in [-0.15, -0.1) is 0 Å². The van der Waals surface area contributed by atoms with Crippen LogP contribution in [0.15, 0.2) is 36.0 Å². The van der Waals surface area contributed by atoms with Crippen molar-refractivity contribution in [3.63, 3.8) is 0 Å². The number of nitrogens with one attached hydrogen (secondary N) is 1. The number of ether oxygens (including phenoxy) is 5. The summed E-state index contributed by atoms with van der Waals surface area (Å²) in [6.07, 6.45) is 1.29. The van der Waals surface area contributed by atoms with Crippen molar-refractivity contribution in [1.82, 2.24) is 5.32 Å². The van der Waals surface area contributed by atoms with Crippen LogP contribution in [0.25, 0.3) is 6.08 Å². The minimum absolute atomic E-state index is 0.123. The molecule has 0 heterocycles.